The number of hydrazine groups is 1. The van der Waals surface area contributed by atoms with Gasteiger partial charge in [-0.1, -0.05) is 45.9 Å². The molecule has 1 unspecified atom stereocenters. The van der Waals surface area contributed by atoms with Crippen LogP contribution in [0.15, 0.2) is 36.5 Å². The van der Waals surface area contributed by atoms with Gasteiger partial charge in [0.25, 0.3) is 0 Å². The molecule has 3 fully saturated rings. The van der Waals surface area contributed by atoms with Gasteiger partial charge in [-0.3, -0.25) is 14.6 Å². The van der Waals surface area contributed by atoms with Crippen molar-refractivity contribution in [3.05, 3.63) is 42.1 Å². The number of hydrogen-bond acceptors (Lipinski definition) is 13. The van der Waals surface area contributed by atoms with Crippen LogP contribution in [0.2, 0.25) is 0 Å². The van der Waals surface area contributed by atoms with Gasteiger partial charge in [-0.2, -0.15) is 0 Å². The van der Waals surface area contributed by atoms with Crippen LogP contribution in [0.3, 0.4) is 0 Å². The van der Waals surface area contributed by atoms with Crippen molar-refractivity contribution >= 4 is 28.7 Å². The normalized spacial score (nSPS) is 38.0. The van der Waals surface area contributed by atoms with E-state index in [9.17, 15) is 19.5 Å². The number of aryl methyl sites for hydroxylation is 1. The number of carbonyl (C=O) groups is 3. The summed E-state index contributed by atoms with van der Waals surface area (Å²) in [7, 11) is 7.30. The smallest absolute Gasteiger partial charge is 0.425 e. The fraction of sp³-hybridized carbons (Fsp3) is 0.727. The van der Waals surface area contributed by atoms with Crippen LogP contribution in [0.25, 0.3) is 10.9 Å². The van der Waals surface area contributed by atoms with Crippen molar-refractivity contribution in [2.24, 2.45) is 23.7 Å². The topological polar surface area (TPSA) is 161 Å². The number of cyclic esters (lactones) is 1. The number of esters is 1. The highest BCUT2D eigenvalue weighted by Crippen LogP contribution is 2.43. The van der Waals surface area contributed by atoms with Crippen molar-refractivity contribution in [2.75, 3.05) is 34.8 Å². The average molecular weight is 812 g/mol. The minimum atomic E-state index is -1.27. The molecular weight excluding hydrogens is 743 g/mol. The number of amides is 1. The summed E-state index contributed by atoms with van der Waals surface area (Å²) < 4.78 is 31.8. The Kier molecular flexibility index (Phi) is 15.0. The van der Waals surface area contributed by atoms with Gasteiger partial charge in [0.2, 0.25) is 0 Å². The standard InChI is InChI=1S/C44H69N5O9/c1-13-34-44(8)38(49(42(53)58-44)47-21-16-17-30-20-22-46-32-19-15-14-18-31(30)32)27(4)35(45-9)25(2)24-43(7,54-12)39(28(5)36(50)29(6)40(52)56-34)57-41-37(51)33(48(10)11)23-26(3)55-41/h14-15,18-20,22,25-29,33-35,37-39,41,45,47,51H,13,16-17,21,23-24H2,1-12H3/t25-,26-,27+,28+,29-,33+,34-,35?,37-,38-,39-,41+,43+,44-/m1/s1. The number of rotatable bonds is 11. The maximum Gasteiger partial charge on any atom is 0.425 e. The summed E-state index contributed by atoms with van der Waals surface area (Å²) in [5.41, 5.74) is 3.15. The molecule has 14 nitrogen and oxygen atoms in total. The van der Waals surface area contributed by atoms with Crippen LogP contribution in [0.1, 0.15) is 86.6 Å². The number of pyridine rings is 1. The minimum absolute atomic E-state index is 0.117. The van der Waals surface area contributed by atoms with E-state index in [2.05, 4.69) is 35.6 Å². The number of nitrogens with one attached hydrogen (secondary N) is 2. The zero-order valence-corrected chi connectivity index (χ0v) is 36.7. The molecular formula is C44H69N5O9. The molecule has 3 saturated heterocycles. The van der Waals surface area contributed by atoms with Crippen molar-refractivity contribution in [3.8, 4) is 0 Å². The zero-order valence-electron chi connectivity index (χ0n) is 36.7. The van der Waals surface area contributed by atoms with Crippen molar-refractivity contribution in [3.63, 3.8) is 0 Å². The molecule has 0 spiro atoms. The molecule has 1 aromatic carbocycles. The lowest BCUT2D eigenvalue weighted by molar-refractivity contribution is -0.295. The van der Waals surface area contributed by atoms with Crippen LogP contribution in [0, 0.1) is 23.7 Å². The first-order valence-electron chi connectivity index (χ1n) is 21.1. The number of fused-ring (bicyclic) bond motifs is 2. The SMILES string of the molecule is CC[C@H]1OC(=O)[C@H](C)C(=O)[C@H](C)[C@@H](O[C@@H]2O[C@H](C)C[C@H](N(C)C)[C@H]2O)[C@@](C)(OC)C[C@@H](C)C(NC)[C@H](C)[C@H]2N(NCCCc3ccnc4ccccc34)C(=O)O[C@]12C. The van der Waals surface area contributed by atoms with Crippen molar-refractivity contribution in [1.82, 2.24) is 25.6 Å². The summed E-state index contributed by atoms with van der Waals surface area (Å²) in [4.78, 5) is 48.9. The largest absolute Gasteiger partial charge is 0.458 e. The molecule has 0 saturated carbocycles. The summed E-state index contributed by atoms with van der Waals surface area (Å²) in [5.74, 6) is -3.53. The third kappa shape index (κ3) is 9.23. The molecule has 3 aliphatic heterocycles. The van der Waals surface area contributed by atoms with Crippen LogP contribution in [0.5, 0.6) is 0 Å². The van der Waals surface area contributed by atoms with E-state index < -0.39 is 71.5 Å². The third-order valence-electron chi connectivity index (χ3n) is 13.3. The van der Waals surface area contributed by atoms with Crippen LogP contribution >= 0.6 is 0 Å². The number of ketones is 1. The molecule has 0 radical (unpaired) electrons. The summed E-state index contributed by atoms with van der Waals surface area (Å²) in [6, 6.07) is 9.03. The predicted octanol–water partition coefficient (Wildman–Crippen LogP) is 4.89. The molecule has 3 aliphatic rings. The molecule has 4 heterocycles. The first-order valence-corrected chi connectivity index (χ1v) is 21.1. The van der Waals surface area contributed by atoms with E-state index in [1.54, 1.807) is 26.0 Å². The highest BCUT2D eigenvalue weighted by molar-refractivity contribution is 6.00. The number of hydrogen-bond donors (Lipinski definition) is 3. The molecule has 5 rings (SSSR count). The molecule has 2 aromatic rings. The molecule has 0 bridgehead atoms. The lowest BCUT2D eigenvalue weighted by atomic mass is 9.71. The van der Waals surface area contributed by atoms with Gasteiger partial charge in [0.05, 0.1) is 29.4 Å². The number of aromatic nitrogens is 1. The predicted molar refractivity (Wildman–Crippen MR) is 221 cm³/mol. The molecule has 0 aliphatic carbocycles. The van der Waals surface area contributed by atoms with Gasteiger partial charge >= 0.3 is 12.1 Å². The monoisotopic (exact) mass is 812 g/mol. The Hall–Kier alpha value is -3.24. The van der Waals surface area contributed by atoms with Gasteiger partial charge in [0, 0.05) is 43.2 Å². The fourth-order valence-electron chi connectivity index (χ4n) is 10.1. The van der Waals surface area contributed by atoms with Crippen LogP contribution in [-0.2, 0) is 39.7 Å². The van der Waals surface area contributed by atoms with E-state index in [-0.39, 0.29) is 30.0 Å². The van der Waals surface area contributed by atoms with Crippen molar-refractivity contribution in [1.29, 1.82) is 0 Å². The second-order valence-electron chi connectivity index (χ2n) is 17.6. The maximum absolute atomic E-state index is 14.4. The number of benzene rings is 1. The Morgan fingerprint density at radius 1 is 1.07 bits per heavy atom. The summed E-state index contributed by atoms with van der Waals surface area (Å²) in [6.45, 7) is 15.5. The summed E-state index contributed by atoms with van der Waals surface area (Å²) in [5, 5.41) is 17.7. The highest BCUT2D eigenvalue weighted by atomic mass is 16.7. The Labute approximate surface area is 345 Å². The van der Waals surface area contributed by atoms with Crippen molar-refractivity contribution in [2.45, 2.75) is 148 Å². The fourth-order valence-corrected chi connectivity index (χ4v) is 10.1. The maximum atomic E-state index is 14.4. The number of para-hydroxylation sites is 1. The number of aliphatic hydroxyl groups is 1. The number of aliphatic hydroxyl groups excluding tert-OH is 1. The highest BCUT2D eigenvalue weighted by Gasteiger charge is 2.60. The van der Waals surface area contributed by atoms with Crippen LogP contribution in [-0.4, -0.2) is 133 Å². The minimum Gasteiger partial charge on any atom is -0.458 e. The molecule has 1 amide bonds. The second-order valence-corrected chi connectivity index (χ2v) is 17.6. The van der Waals surface area contributed by atoms with Crippen molar-refractivity contribution < 1.29 is 43.2 Å². The number of methoxy groups -OCH3 is 1. The molecule has 3 N–H and O–H groups in total. The number of likely N-dealkylation sites (N-methyl/N-ethyl adjacent to an activating group) is 1. The first kappa shape index (κ1) is 45.8. The number of nitrogens with zero attached hydrogens (tertiary/aromatic N) is 3. The second kappa shape index (κ2) is 19.0. The zero-order chi connectivity index (χ0) is 42.7. The van der Waals surface area contributed by atoms with Crippen LogP contribution < -0.4 is 10.7 Å². The lowest BCUT2D eigenvalue weighted by Gasteiger charge is -2.48. The number of ether oxygens (including phenoxy) is 5. The van der Waals surface area contributed by atoms with Gasteiger partial charge < -0.3 is 39.0 Å². The Morgan fingerprint density at radius 3 is 2.43 bits per heavy atom. The van der Waals surface area contributed by atoms with Gasteiger partial charge in [-0.15, -0.1) is 0 Å². The summed E-state index contributed by atoms with van der Waals surface area (Å²) >= 11 is 0. The van der Waals surface area contributed by atoms with E-state index in [0.717, 1.165) is 23.7 Å². The van der Waals surface area contributed by atoms with Gasteiger partial charge in [-0.05, 0) is 110 Å². The lowest BCUT2D eigenvalue weighted by Crippen LogP contribution is -2.63. The Morgan fingerprint density at radius 2 is 1.78 bits per heavy atom. The Balaban J connectivity index is 1.49. The van der Waals surface area contributed by atoms with Crippen LogP contribution in [0.4, 0.5) is 4.79 Å². The number of Topliss-reactive ketones (excluding diaryl/α,β-unsaturated/α-hetero) is 1. The van der Waals surface area contributed by atoms with E-state index >= 15 is 0 Å². The van der Waals surface area contributed by atoms with Gasteiger partial charge in [0.1, 0.15) is 18.1 Å². The first-order chi connectivity index (χ1) is 27.4. The van der Waals surface area contributed by atoms with Gasteiger partial charge in [-0.25, -0.2) is 15.2 Å². The van der Waals surface area contributed by atoms with Gasteiger partial charge in [0.15, 0.2) is 17.7 Å². The molecule has 58 heavy (non-hydrogen) atoms. The summed E-state index contributed by atoms with van der Waals surface area (Å²) in [6.07, 6.45) is 0.0658. The molecule has 324 valence electrons. The molecule has 14 heteroatoms. The molecule has 14 atom stereocenters. The Bertz CT molecular complexity index is 1730. The molecule has 1 aromatic heterocycles. The van der Waals surface area contributed by atoms with E-state index in [1.807, 2.05) is 84.2 Å². The van der Waals surface area contributed by atoms with E-state index in [4.69, 9.17) is 23.7 Å². The van der Waals surface area contributed by atoms with E-state index in [0.29, 0.717) is 25.8 Å². The number of carbonyl (C=O) groups excluding carboxylic acids is 3. The average Bonchev–Trinajstić information content (AvgIpc) is 3.46. The quantitative estimate of drug-likeness (QED) is 0.160. The third-order valence-corrected chi connectivity index (χ3v) is 13.3. The van der Waals surface area contributed by atoms with E-state index in [1.165, 1.54) is 5.56 Å².